The first kappa shape index (κ1) is 17.2. The Bertz CT molecular complexity index is 526. The monoisotopic (exact) mass is 408 g/mol. The number of carbonyl (C=O) groups is 2. The zero-order chi connectivity index (χ0) is 15.5. The minimum absolute atomic E-state index is 0.213. The zero-order valence-electron chi connectivity index (χ0n) is 11.9. The molecule has 0 spiro atoms. The van der Waals surface area contributed by atoms with Crippen LogP contribution in [0.15, 0.2) is 18.2 Å². The summed E-state index contributed by atoms with van der Waals surface area (Å²) in [6, 6.07) is 4.38. The number of benzene rings is 1. The third-order valence-corrected chi connectivity index (χ3v) is 3.96. The molecule has 1 rings (SSSR count). The Balaban J connectivity index is 2.70. The van der Waals surface area contributed by atoms with Gasteiger partial charge in [0, 0.05) is 14.7 Å². The molecular formula is C14H18ClIN2O2. The maximum atomic E-state index is 12.1. The van der Waals surface area contributed by atoms with E-state index in [0.29, 0.717) is 10.6 Å². The molecule has 4 nitrogen and oxygen atoms in total. The van der Waals surface area contributed by atoms with Crippen molar-refractivity contribution in [2.45, 2.75) is 39.3 Å². The minimum Gasteiger partial charge on any atom is -0.350 e. The van der Waals surface area contributed by atoms with Gasteiger partial charge in [0.1, 0.15) is 6.04 Å². The number of hydrogen-bond acceptors (Lipinski definition) is 2. The van der Waals surface area contributed by atoms with Crippen molar-refractivity contribution in [1.29, 1.82) is 0 Å². The summed E-state index contributed by atoms with van der Waals surface area (Å²) in [5.74, 6) is -0.509. The Hall–Kier alpha value is -0.820. The fraction of sp³-hybridized carbons (Fsp3) is 0.429. The SMILES string of the molecule is CC(NC(=O)c1ccc(Cl)c(I)c1)C(=O)NC(C)(C)C. The van der Waals surface area contributed by atoms with Crippen molar-refractivity contribution in [3.8, 4) is 0 Å². The second kappa shape index (κ2) is 6.76. The van der Waals surface area contributed by atoms with Crippen LogP contribution in [-0.2, 0) is 4.79 Å². The summed E-state index contributed by atoms with van der Waals surface area (Å²) in [5, 5.41) is 6.09. The number of hydrogen-bond donors (Lipinski definition) is 2. The predicted molar refractivity (Wildman–Crippen MR) is 89.0 cm³/mol. The van der Waals surface area contributed by atoms with Gasteiger partial charge < -0.3 is 10.6 Å². The van der Waals surface area contributed by atoms with E-state index in [0.717, 1.165) is 3.57 Å². The minimum atomic E-state index is -0.602. The van der Waals surface area contributed by atoms with E-state index in [4.69, 9.17) is 11.6 Å². The van der Waals surface area contributed by atoms with Crippen molar-refractivity contribution in [3.63, 3.8) is 0 Å². The molecule has 2 amide bonds. The van der Waals surface area contributed by atoms with E-state index in [9.17, 15) is 9.59 Å². The molecule has 110 valence electrons. The van der Waals surface area contributed by atoms with Gasteiger partial charge >= 0.3 is 0 Å². The lowest BCUT2D eigenvalue weighted by Crippen LogP contribution is -2.50. The molecule has 0 aromatic heterocycles. The lowest BCUT2D eigenvalue weighted by Gasteiger charge is -2.23. The fourth-order valence-corrected chi connectivity index (χ4v) is 2.09. The van der Waals surface area contributed by atoms with Gasteiger partial charge in [-0.05, 0) is 68.5 Å². The van der Waals surface area contributed by atoms with Crippen LogP contribution < -0.4 is 10.6 Å². The van der Waals surface area contributed by atoms with Gasteiger partial charge in [-0.15, -0.1) is 0 Å². The van der Waals surface area contributed by atoms with Crippen molar-refractivity contribution in [2.75, 3.05) is 0 Å². The second-order valence-electron chi connectivity index (χ2n) is 5.56. The topological polar surface area (TPSA) is 58.2 Å². The molecule has 0 saturated carbocycles. The molecule has 0 radical (unpaired) electrons. The first-order chi connectivity index (χ1) is 9.10. The Morgan fingerprint density at radius 1 is 1.30 bits per heavy atom. The number of halogens is 2. The lowest BCUT2D eigenvalue weighted by atomic mass is 10.1. The maximum Gasteiger partial charge on any atom is 0.251 e. The summed E-state index contributed by atoms with van der Waals surface area (Å²) in [7, 11) is 0. The second-order valence-corrected chi connectivity index (χ2v) is 7.13. The van der Waals surface area contributed by atoms with Crippen molar-refractivity contribution >= 4 is 46.0 Å². The van der Waals surface area contributed by atoms with Gasteiger partial charge in [0.05, 0.1) is 5.02 Å². The van der Waals surface area contributed by atoms with Gasteiger partial charge in [0.25, 0.3) is 5.91 Å². The standard InChI is InChI=1S/C14H18ClIN2O2/c1-8(12(19)18-14(2,3)4)17-13(20)9-5-6-10(15)11(16)7-9/h5-8H,1-4H3,(H,17,20)(H,18,19). The number of carbonyl (C=O) groups excluding carboxylic acids is 2. The number of nitrogens with one attached hydrogen (secondary N) is 2. The average Bonchev–Trinajstić information content (AvgIpc) is 2.30. The quantitative estimate of drug-likeness (QED) is 0.756. The van der Waals surface area contributed by atoms with Crippen molar-refractivity contribution in [1.82, 2.24) is 10.6 Å². The zero-order valence-corrected chi connectivity index (χ0v) is 14.8. The normalized spacial score (nSPS) is 12.7. The summed E-state index contributed by atoms with van der Waals surface area (Å²) in [6.07, 6.45) is 0. The summed E-state index contributed by atoms with van der Waals surface area (Å²) in [4.78, 5) is 23.9. The van der Waals surface area contributed by atoms with Crippen LogP contribution in [0.4, 0.5) is 0 Å². The van der Waals surface area contributed by atoms with Crippen molar-refractivity contribution in [2.24, 2.45) is 0 Å². The van der Waals surface area contributed by atoms with E-state index in [2.05, 4.69) is 33.2 Å². The molecule has 6 heteroatoms. The molecule has 0 saturated heterocycles. The van der Waals surface area contributed by atoms with Crippen LogP contribution in [0.3, 0.4) is 0 Å². The average molecular weight is 409 g/mol. The predicted octanol–water partition coefficient (Wildman–Crippen LogP) is 2.98. The van der Waals surface area contributed by atoms with E-state index in [1.807, 2.05) is 20.8 Å². The molecule has 1 aromatic rings. The summed E-state index contributed by atoms with van der Waals surface area (Å²) in [6.45, 7) is 7.32. The third kappa shape index (κ3) is 5.28. The van der Waals surface area contributed by atoms with E-state index >= 15 is 0 Å². The van der Waals surface area contributed by atoms with Crippen LogP contribution in [-0.4, -0.2) is 23.4 Å². The first-order valence-electron chi connectivity index (χ1n) is 6.18. The summed E-state index contributed by atoms with van der Waals surface area (Å²) in [5.41, 5.74) is 0.153. The first-order valence-corrected chi connectivity index (χ1v) is 7.64. The van der Waals surface area contributed by atoms with Gasteiger partial charge in [-0.1, -0.05) is 11.6 Å². The van der Waals surface area contributed by atoms with E-state index in [1.54, 1.807) is 25.1 Å². The lowest BCUT2D eigenvalue weighted by molar-refractivity contribution is -0.124. The highest BCUT2D eigenvalue weighted by atomic mass is 127. The Morgan fingerprint density at radius 3 is 2.40 bits per heavy atom. The Labute approximate surface area is 137 Å². The molecule has 1 atom stereocenters. The Kier molecular flexibility index (Phi) is 5.82. The molecule has 0 aliphatic rings. The molecule has 0 fully saturated rings. The van der Waals surface area contributed by atoms with Crippen LogP contribution in [0.1, 0.15) is 38.1 Å². The van der Waals surface area contributed by atoms with Gasteiger partial charge in [0.2, 0.25) is 5.91 Å². The summed E-state index contributed by atoms with van der Waals surface area (Å²) < 4.78 is 0.795. The molecule has 0 bridgehead atoms. The third-order valence-electron chi connectivity index (χ3n) is 2.42. The number of amides is 2. The highest BCUT2D eigenvalue weighted by molar-refractivity contribution is 14.1. The Morgan fingerprint density at radius 2 is 1.90 bits per heavy atom. The van der Waals surface area contributed by atoms with Crippen LogP contribution >= 0.6 is 34.2 Å². The van der Waals surface area contributed by atoms with Gasteiger partial charge in [0.15, 0.2) is 0 Å². The molecule has 0 aliphatic carbocycles. The smallest absolute Gasteiger partial charge is 0.251 e. The largest absolute Gasteiger partial charge is 0.350 e. The summed E-state index contributed by atoms with van der Waals surface area (Å²) >= 11 is 7.97. The molecule has 0 aliphatic heterocycles. The van der Waals surface area contributed by atoms with Crippen molar-refractivity contribution in [3.05, 3.63) is 32.4 Å². The fourth-order valence-electron chi connectivity index (χ4n) is 1.46. The van der Waals surface area contributed by atoms with E-state index in [-0.39, 0.29) is 17.4 Å². The van der Waals surface area contributed by atoms with E-state index in [1.165, 1.54) is 0 Å². The van der Waals surface area contributed by atoms with Crippen molar-refractivity contribution < 1.29 is 9.59 Å². The van der Waals surface area contributed by atoms with Crippen LogP contribution in [0.25, 0.3) is 0 Å². The highest BCUT2D eigenvalue weighted by Gasteiger charge is 2.21. The van der Waals surface area contributed by atoms with Crippen LogP contribution in [0.5, 0.6) is 0 Å². The molecule has 20 heavy (non-hydrogen) atoms. The van der Waals surface area contributed by atoms with Gasteiger partial charge in [-0.25, -0.2) is 0 Å². The van der Waals surface area contributed by atoms with Gasteiger partial charge in [-0.2, -0.15) is 0 Å². The highest BCUT2D eigenvalue weighted by Crippen LogP contribution is 2.19. The maximum absolute atomic E-state index is 12.1. The van der Waals surface area contributed by atoms with Crippen LogP contribution in [0, 0.1) is 3.57 Å². The van der Waals surface area contributed by atoms with E-state index < -0.39 is 6.04 Å². The molecule has 1 aromatic carbocycles. The molecule has 1 unspecified atom stereocenters. The molecular weight excluding hydrogens is 391 g/mol. The number of rotatable bonds is 3. The molecule has 0 heterocycles. The molecule has 2 N–H and O–H groups in total. The van der Waals surface area contributed by atoms with Gasteiger partial charge in [-0.3, -0.25) is 9.59 Å². The van der Waals surface area contributed by atoms with Crippen LogP contribution in [0.2, 0.25) is 5.02 Å².